The van der Waals surface area contributed by atoms with Gasteiger partial charge in [0.2, 0.25) is 0 Å². The van der Waals surface area contributed by atoms with E-state index in [-0.39, 0.29) is 6.61 Å². The summed E-state index contributed by atoms with van der Waals surface area (Å²) in [6, 6.07) is 13.2. The van der Waals surface area contributed by atoms with Gasteiger partial charge in [0.25, 0.3) is 0 Å². The highest BCUT2D eigenvalue weighted by atomic mass is 32.1. The molecule has 0 amide bonds. The van der Waals surface area contributed by atoms with Gasteiger partial charge in [-0.25, -0.2) is 9.78 Å². The number of nitrogens with zero attached hydrogens (tertiary/aromatic N) is 1. The van der Waals surface area contributed by atoms with E-state index >= 15 is 0 Å². The third kappa shape index (κ3) is 4.65. The van der Waals surface area contributed by atoms with E-state index in [0.717, 1.165) is 16.3 Å². The Hall–Kier alpha value is -2.86. The first kappa shape index (κ1) is 18.9. The lowest BCUT2D eigenvalue weighted by Gasteiger charge is -2.10. The molecule has 0 aliphatic heterocycles. The maximum Gasteiger partial charge on any atom is 0.338 e. The summed E-state index contributed by atoms with van der Waals surface area (Å²) in [4.78, 5) is 16.9. The zero-order valence-corrected chi connectivity index (χ0v) is 16.3. The lowest BCUT2D eigenvalue weighted by Crippen LogP contribution is -2.06. The van der Waals surface area contributed by atoms with Gasteiger partial charge in [-0.3, -0.25) is 0 Å². The molecule has 0 saturated carbocycles. The molecule has 5 nitrogen and oxygen atoms in total. The zero-order chi connectivity index (χ0) is 19.2. The van der Waals surface area contributed by atoms with E-state index in [9.17, 15) is 4.79 Å². The Morgan fingerprint density at radius 2 is 1.89 bits per heavy atom. The van der Waals surface area contributed by atoms with Crippen LogP contribution in [-0.4, -0.2) is 24.7 Å². The van der Waals surface area contributed by atoms with Crippen LogP contribution < -0.4 is 9.47 Å². The molecule has 1 heterocycles. The monoisotopic (exact) mass is 383 g/mol. The summed E-state index contributed by atoms with van der Waals surface area (Å²) in [5, 5.41) is 2.81. The molecule has 0 atom stereocenters. The third-order valence-corrected chi connectivity index (χ3v) is 4.84. The number of benzene rings is 2. The summed E-state index contributed by atoms with van der Waals surface area (Å²) in [6.45, 7) is 4.53. The first-order valence-corrected chi connectivity index (χ1v) is 9.48. The van der Waals surface area contributed by atoms with Gasteiger partial charge >= 0.3 is 5.97 Å². The number of ether oxygens (including phenoxy) is 3. The fourth-order valence-electron chi connectivity index (χ4n) is 2.50. The van der Waals surface area contributed by atoms with Crippen molar-refractivity contribution in [3.05, 3.63) is 64.7 Å². The molecule has 0 aliphatic rings. The smallest absolute Gasteiger partial charge is 0.338 e. The summed E-state index contributed by atoms with van der Waals surface area (Å²) in [7, 11) is 1.56. The number of carbonyl (C=O) groups is 1. The normalized spacial score (nSPS) is 10.5. The van der Waals surface area contributed by atoms with Crippen molar-refractivity contribution in [2.75, 3.05) is 13.7 Å². The minimum atomic E-state index is -0.427. The van der Waals surface area contributed by atoms with Crippen LogP contribution in [0, 0.1) is 6.92 Å². The molecule has 0 radical (unpaired) electrons. The molecule has 3 aromatic rings. The highest BCUT2D eigenvalue weighted by Gasteiger charge is 2.13. The van der Waals surface area contributed by atoms with Crippen molar-refractivity contribution >= 4 is 17.3 Å². The van der Waals surface area contributed by atoms with Crippen LogP contribution in [0.1, 0.15) is 28.5 Å². The molecule has 0 bridgehead atoms. The van der Waals surface area contributed by atoms with Gasteiger partial charge < -0.3 is 14.2 Å². The van der Waals surface area contributed by atoms with Crippen molar-refractivity contribution in [2.24, 2.45) is 0 Å². The van der Waals surface area contributed by atoms with Crippen LogP contribution in [0.15, 0.2) is 47.8 Å². The SMILES string of the molecule is CCOc1cc(C(=O)OCc2csc(-c3ccc(C)cc3)n2)ccc1OC. The van der Waals surface area contributed by atoms with Crippen molar-refractivity contribution in [3.63, 3.8) is 0 Å². The molecule has 1 aromatic heterocycles. The Morgan fingerprint density at radius 3 is 2.59 bits per heavy atom. The van der Waals surface area contributed by atoms with E-state index in [1.807, 2.05) is 31.4 Å². The van der Waals surface area contributed by atoms with Crippen LogP contribution in [0.2, 0.25) is 0 Å². The largest absolute Gasteiger partial charge is 0.493 e. The number of aryl methyl sites for hydroxylation is 1. The molecule has 6 heteroatoms. The Morgan fingerprint density at radius 1 is 1.11 bits per heavy atom. The number of esters is 1. The highest BCUT2D eigenvalue weighted by molar-refractivity contribution is 7.13. The molecule has 3 rings (SSSR count). The number of aromatic nitrogens is 1. The average Bonchev–Trinajstić information content (AvgIpc) is 3.16. The summed E-state index contributed by atoms with van der Waals surface area (Å²) in [5.74, 6) is 0.670. The summed E-state index contributed by atoms with van der Waals surface area (Å²) < 4.78 is 16.1. The van der Waals surface area contributed by atoms with Gasteiger partial charge in [0.1, 0.15) is 11.6 Å². The molecule has 0 unspecified atom stereocenters. The van der Waals surface area contributed by atoms with Gasteiger partial charge in [-0.05, 0) is 32.0 Å². The second-order valence-corrected chi connectivity index (χ2v) is 6.74. The number of methoxy groups -OCH3 is 1. The van der Waals surface area contributed by atoms with Crippen molar-refractivity contribution in [3.8, 4) is 22.1 Å². The van der Waals surface area contributed by atoms with E-state index in [0.29, 0.717) is 23.7 Å². The summed E-state index contributed by atoms with van der Waals surface area (Å²) >= 11 is 1.53. The van der Waals surface area contributed by atoms with Gasteiger partial charge in [-0.1, -0.05) is 29.8 Å². The highest BCUT2D eigenvalue weighted by Crippen LogP contribution is 2.29. The van der Waals surface area contributed by atoms with E-state index in [2.05, 4.69) is 17.1 Å². The second kappa shape index (κ2) is 8.68. The van der Waals surface area contributed by atoms with Gasteiger partial charge in [0.05, 0.1) is 25.0 Å². The molecule has 2 aromatic carbocycles. The molecule has 0 N–H and O–H groups in total. The average molecular weight is 383 g/mol. The standard InChI is InChI=1S/C21H21NO4S/c1-4-25-19-11-16(9-10-18(19)24-3)21(23)26-12-17-13-27-20(22-17)15-7-5-14(2)6-8-15/h5-11,13H,4,12H2,1-3H3. The van der Waals surface area contributed by atoms with Crippen LogP contribution >= 0.6 is 11.3 Å². The van der Waals surface area contributed by atoms with Crippen molar-refractivity contribution in [1.29, 1.82) is 0 Å². The number of carbonyl (C=O) groups excluding carboxylic acids is 1. The molecule has 0 fully saturated rings. The molecule has 27 heavy (non-hydrogen) atoms. The van der Waals surface area contributed by atoms with E-state index in [1.54, 1.807) is 25.3 Å². The van der Waals surface area contributed by atoms with Gasteiger partial charge in [0.15, 0.2) is 11.5 Å². The summed E-state index contributed by atoms with van der Waals surface area (Å²) in [5.41, 5.74) is 3.39. The molecule has 0 spiro atoms. The van der Waals surface area contributed by atoms with Crippen molar-refractivity contribution in [2.45, 2.75) is 20.5 Å². The van der Waals surface area contributed by atoms with Crippen LogP contribution in [-0.2, 0) is 11.3 Å². The Labute approximate surface area is 162 Å². The quantitative estimate of drug-likeness (QED) is 0.544. The van der Waals surface area contributed by atoms with Gasteiger partial charge in [-0.15, -0.1) is 11.3 Å². The predicted octanol–water partition coefficient (Wildman–Crippen LogP) is 4.88. The predicted molar refractivity (Wildman–Crippen MR) is 106 cm³/mol. The number of rotatable bonds is 7. The second-order valence-electron chi connectivity index (χ2n) is 5.88. The molecule has 0 saturated heterocycles. The minimum Gasteiger partial charge on any atom is -0.493 e. The fourth-order valence-corrected chi connectivity index (χ4v) is 3.31. The summed E-state index contributed by atoms with van der Waals surface area (Å²) in [6.07, 6.45) is 0. The van der Waals surface area contributed by atoms with Gasteiger partial charge in [-0.2, -0.15) is 0 Å². The maximum absolute atomic E-state index is 12.3. The Balaban J connectivity index is 1.66. The zero-order valence-electron chi connectivity index (χ0n) is 15.5. The Bertz CT molecular complexity index is 918. The number of hydrogen-bond acceptors (Lipinski definition) is 6. The topological polar surface area (TPSA) is 57.7 Å². The molecular weight excluding hydrogens is 362 g/mol. The number of thiazole rings is 1. The molecule has 0 aliphatic carbocycles. The van der Waals surface area contributed by atoms with E-state index in [4.69, 9.17) is 14.2 Å². The lowest BCUT2D eigenvalue weighted by molar-refractivity contribution is 0.0468. The third-order valence-electron chi connectivity index (χ3n) is 3.90. The van der Waals surface area contributed by atoms with Crippen LogP contribution in [0.3, 0.4) is 0 Å². The first-order valence-electron chi connectivity index (χ1n) is 8.60. The van der Waals surface area contributed by atoms with Crippen molar-refractivity contribution in [1.82, 2.24) is 4.98 Å². The van der Waals surface area contributed by atoms with E-state index < -0.39 is 5.97 Å². The van der Waals surface area contributed by atoms with Crippen LogP contribution in [0.5, 0.6) is 11.5 Å². The minimum absolute atomic E-state index is 0.122. The molecular formula is C21H21NO4S. The van der Waals surface area contributed by atoms with Gasteiger partial charge in [0, 0.05) is 10.9 Å². The van der Waals surface area contributed by atoms with Crippen LogP contribution in [0.4, 0.5) is 0 Å². The molecule has 140 valence electrons. The number of hydrogen-bond donors (Lipinski definition) is 0. The Kier molecular flexibility index (Phi) is 6.08. The maximum atomic E-state index is 12.3. The lowest BCUT2D eigenvalue weighted by atomic mass is 10.2. The van der Waals surface area contributed by atoms with E-state index in [1.165, 1.54) is 16.9 Å². The first-order chi connectivity index (χ1) is 13.1. The van der Waals surface area contributed by atoms with Crippen molar-refractivity contribution < 1.29 is 19.0 Å². The van der Waals surface area contributed by atoms with Crippen LogP contribution in [0.25, 0.3) is 10.6 Å². The fraction of sp³-hybridized carbons (Fsp3) is 0.238.